The van der Waals surface area contributed by atoms with Gasteiger partial charge in [-0.15, -0.1) is 0 Å². The summed E-state index contributed by atoms with van der Waals surface area (Å²) in [5, 5.41) is 17.3. The fourth-order valence-corrected chi connectivity index (χ4v) is 0.669. The fourth-order valence-electron chi connectivity index (χ4n) is 0.669. The van der Waals surface area contributed by atoms with E-state index in [-0.39, 0.29) is 11.5 Å². The van der Waals surface area contributed by atoms with Crippen molar-refractivity contribution in [1.82, 2.24) is 15.0 Å². The first-order valence-corrected chi connectivity index (χ1v) is 3.82. The minimum absolute atomic E-state index is 0.0764. The van der Waals surface area contributed by atoms with Crippen LogP contribution < -0.4 is 0 Å². The number of benzene rings is 1. The second-order valence-corrected chi connectivity index (χ2v) is 2.28. The molecule has 1 aromatic heterocycles. The summed E-state index contributed by atoms with van der Waals surface area (Å²) in [7, 11) is 0. The van der Waals surface area contributed by atoms with E-state index in [4.69, 9.17) is 10.2 Å². The van der Waals surface area contributed by atoms with Crippen molar-refractivity contribution in [3.8, 4) is 11.5 Å². The molecule has 0 bridgehead atoms. The summed E-state index contributed by atoms with van der Waals surface area (Å²) in [5.41, 5.74) is 0. The third-order valence-corrected chi connectivity index (χ3v) is 1.28. The molecule has 0 saturated heterocycles. The molecule has 2 aromatic rings. The molecule has 0 aliphatic carbocycles. The van der Waals surface area contributed by atoms with Crippen LogP contribution in [0.25, 0.3) is 0 Å². The van der Waals surface area contributed by atoms with Crippen LogP contribution >= 0.6 is 0 Å². The standard InChI is InChI=1S/C6H6O2.C3H3N3/c7-5-3-1-2-4-6(5)8;1-4-2-6-3-5-1/h1-4,7-8H;1-3H. The Labute approximate surface area is 80.7 Å². The van der Waals surface area contributed by atoms with Gasteiger partial charge >= 0.3 is 0 Å². The number of hydrogen-bond donors (Lipinski definition) is 2. The largest absolute Gasteiger partial charge is 0.504 e. The Balaban J connectivity index is 0.000000146. The molecule has 2 rings (SSSR count). The van der Waals surface area contributed by atoms with Gasteiger partial charge in [-0.3, -0.25) is 0 Å². The van der Waals surface area contributed by atoms with Crippen LogP contribution in [-0.4, -0.2) is 25.2 Å². The number of hydrogen-bond acceptors (Lipinski definition) is 5. The molecule has 2 N–H and O–H groups in total. The lowest BCUT2D eigenvalue weighted by Gasteiger charge is -1.91. The zero-order valence-electron chi connectivity index (χ0n) is 7.28. The van der Waals surface area contributed by atoms with E-state index >= 15 is 0 Å². The highest BCUT2D eigenvalue weighted by Crippen LogP contribution is 2.21. The topological polar surface area (TPSA) is 79.1 Å². The van der Waals surface area contributed by atoms with Crippen molar-refractivity contribution in [2.75, 3.05) is 0 Å². The molecule has 0 aliphatic rings. The maximum absolute atomic E-state index is 8.67. The average Bonchev–Trinajstić information content (AvgIpc) is 2.26. The minimum Gasteiger partial charge on any atom is -0.504 e. The maximum Gasteiger partial charge on any atom is 0.157 e. The van der Waals surface area contributed by atoms with Crippen molar-refractivity contribution in [1.29, 1.82) is 0 Å². The zero-order chi connectivity index (χ0) is 10.2. The van der Waals surface area contributed by atoms with Gasteiger partial charge in [-0.2, -0.15) is 0 Å². The van der Waals surface area contributed by atoms with E-state index in [0.717, 1.165) is 0 Å². The molecule has 14 heavy (non-hydrogen) atoms. The molecule has 5 nitrogen and oxygen atoms in total. The molecule has 72 valence electrons. The normalized spacial score (nSPS) is 8.57. The second-order valence-electron chi connectivity index (χ2n) is 2.28. The summed E-state index contributed by atoms with van der Waals surface area (Å²) in [6.45, 7) is 0. The van der Waals surface area contributed by atoms with Crippen LogP contribution in [0.3, 0.4) is 0 Å². The molecule has 1 heterocycles. The second kappa shape index (κ2) is 5.47. The summed E-state index contributed by atoms with van der Waals surface area (Å²) in [5.74, 6) is -0.153. The molecular weight excluding hydrogens is 182 g/mol. The summed E-state index contributed by atoms with van der Waals surface area (Å²) in [4.78, 5) is 10.7. The number of aromatic nitrogens is 3. The smallest absolute Gasteiger partial charge is 0.157 e. The number of para-hydroxylation sites is 2. The molecule has 1 aromatic carbocycles. The molecular formula is C9H9N3O2. The third kappa shape index (κ3) is 3.48. The van der Waals surface area contributed by atoms with Crippen molar-refractivity contribution in [2.45, 2.75) is 0 Å². The Morgan fingerprint density at radius 1 is 0.714 bits per heavy atom. The monoisotopic (exact) mass is 191 g/mol. The average molecular weight is 191 g/mol. The van der Waals surface area contributed by atoms with Crippen molar-refractivity contribution < 1.29 is 10.2 Å². The molecule has 0 radical (unpaired) electrons. The molecule has 5 heteroatoms. The van der Waals surface area contributed by atoms with Gasteiger partial charge in [0, 0.05) is 0 Å². The van der Waals surface area contributed by atoms with Crippen LogP contribution in [0.1, 0.15) is 0 Å². The highest BCUT2D eigenvalue weighted by Gasteiger charge is 1.90. The Morgan fingerprint density at radius 2 is 1.07 bits per heavy atom. The Bertz CT molecular complexity index is 320. The van der Waals surface area contributed by atoms with Crippen molar-refractivity contribution >= 4 is 0 Å². The van der Waals surface area contributed by atoms with E-state index < -0.39 is 0 Å². The zero-order valence-corrected chi connectivity index (χ0v) is 7.28. The Hall–Kier alpha value is -2.17. The van der Waals surface area contributed by atoms with E-state index in [1.165, 1.54) is 31.1 Å². The van der Waals surface area contributed by atoms with Crippen LogP contribution in [0.5, 0.6) is 11.5 Å². The minimum atomic E-state index is -0.0764. The van der Waals surface area contributed by atoms with E-state index in [0.29, 0.717) is 0 Å². The molecule has 0 fully saturated rings. The van der Waals surface area contributed by atoms with E-state index in [1.54, 1.807) is 12.1 Å². The van der Waals surface area contributed by atoms with Crippen molar-refractivity contribution in [3.05, 3.63) is 43.2 Å². The van der Waals surface area contributed by atoms with Crippen LogP contribution in [0.15, 0.2) is 43.2 Å². The van der Waals surface area contributed by atoms with Gasteiger partial charge in [0.1, 0.15) is 19.0 Å². The third-order valence-electron chi connectivity index (χ3n) is 1.28. The fraction of sp³-hybridized carbons (Fsp3) is 0. The van der Waals surface area contributed by atoms with E-state index in [9.17, 15) is 0 Å². The van der Waals surface area contributed by atoms with Crippen molar-refractivity contribution in [2.24, 2.45) is 0 Å². The predicted octanol–water partition coefficient (Wildman–Crippen LogP) is 0.969. The molecule has 0 spiro atoms. The molecule has 0 unspecified atom stereocenters. The lowest BCUT2D eigenvalue weighted by atomic mass is 10.3. The van der Waals surface area contributed by atoms with E-state index in [1.807, 2.05) is 0 Å². The molecule has 0 amide bonds. The number of rotatable bonds is 0. The number of phenols is 2. The van der Waals surface area contributed by atoms with Crippen LogP contribution in [0.4, 0.5) is 0 Å². The molecule has 0 aliphatic heterocycles. The van der Waals surface area contributed by atoms with Gasteiger partial charge in [-0.25, -0.2) is 15.0 Å². The number of phenolic OH excluding ortho intramolecular Hbond substituents is 2. The van der Waals surface area contributed by atoms with Crippen molar-refractivity contribution in [3.63, 3.8) is 0 Å². The van der Waals surface area contributed by atoms with E-state index in [2.05, 4.69) is 15.0 Å². The maximum atomic E-state index is 8.67. The summed E-state index contributed by atoms with van der Waals surface area (Å²) in [6, 6.07) is 6.15. The molecule has 0 saturated carbocycles. The summed E-state index contributed by atoms with van der Waals surface area (Å²) < 4.78 is 0. The Morgan fingerprint density at radius 3 is 1.29 bits per heavy atom. The van der Waals surface area contributed by atoms with Crippen LogP contribution in [-0.2, 0) is 0 Å². The number of nitrogens with zero attached hydrogens (tertiary/aromatic N) is 3. The van der Waals surface area contributed by atoms with Gasteiger partial charge in [0.15, 0.2) is 11.5 Å². The lowest BCUT2D eigenvalue weighted by molar-refractivity contribution is 0.404. The summed E-state index contributed by atoms with van der Waals surface area (Å²) in [6.07, 6.45) is 4.31. The summed E-state index contributed by atoms with van der Waals surface area (Å²) >= 11 is 0. The first kappa shape index (κ1) is 9.91. The van der Waals surface area contributed by atoms with Crippen LogP contribution in [0, 0.1) is 0 Å². The van der Waals surface area contributed by atoms with Gasteiger partial charge in [0.25, 0.3) is 0 Å². The van der Waals surface area contributed by atoms with Gasteiger partial charge in [0.05, 0.1) is 0 Å². The highest BCUT2D eigenvalue weighted by molar-refractivity contribution is 5.36. The lowest BCUT2D eigenvalue weighted by Crippen LogP contribution is -1.73. The molecule has 0 atom stereocenters. The quantitative estimate of drug-likeness (QED) is 0.606. The van der Waals surface area contributed by atoms with Gasteiger partial charge in [0.2, 0.25) is 0 Å². The highest BCUT2D eigenvalue weighted by atomic mass is 16.3. The number of aromatic hydroxyl groups is 2. The van der Waals surface area contributed by atoms with Gasteiger partial charge < -0.3 is 10.2 Å². The van der Waals surface area contributed by atoms with Gasteiger partial charge in [-0.05, 0) is 12.1 Å². The van der Waals surface area contributed by atoms with Gasteiger partial charge in [-0.1, -0.05) is 12.1 Å². The Kier molecular flexibility index (Phi) is 3.87. The predicted molar refractivity (Wildman–Crippen MR) is 49.6 cm³/mol. The first-order chi connectivity index (χ1) is 6.80. The first-order valence-electron chi connectivity index (χ1n) is 3.82. The SMILES string of the molecule is Oc1ccccc1O.c1ncncn1. The van der Waals surface area contributed by atoms with Crippen LogP contribution in [0.2, 0.25) is 0 Å².